The smallest absolute Gasteiger partial charge is 0.225 e. The zero-order chi connectivity index (χ0) is 25.9. The molecule has 0 spiro atoms. The number of methoxy groups -OCH3 is 1. The van der Waals surface area contributed by atoms with E-state index in [9.17, 15) is 24.9 Å². The van der Waals surface area contributed by atoms with Crippen molar-refractivity contribution in [3.8, 4) is 0 Å². The highest BCUT2D eigenvalue weighted by atomic mass is 16.5. The topological polar surface area (TPSA) is 107 Å². The molecule has 0 aromatic rings. The van der Waals surface area contributed by atoms with Crippen LogP contribution in [0.15, 0.2) is 11.6 Å². The van der Waals surface area contributed by atoms with Gasteiger partial charge in [0.25, 0.3) is 0 Å². The first-order valence-corrected chi connectivity index (χ1v) is 13.5. The number of hydrogen-bond donors (Lipinski definition) is 3. The molecular formula is C28H45NO6. The van der Waals surface area contributed by atoms with Crippen molar-refractivity contribution in [3.05, 3.63) is 11.6 Å². The summed E-state index contributed by atoms with van der Waals surface area (Å²) in [7, 11) is 1.64. The third-order valence-corrected chi connectivity index (χ3v) is 10.6. The van der Waals surface area contributed by atoms with E-state index in [2.05, 4.69) is 20.8 Å². The normalized spacial score (nSPS) is 43.8. The summed E-state index contributed by atoms with van der Waals surface area (Å²) < 4.78 is 5.30. The van der Waals surface area contributed by atoms with Crippen LogP contribution in [0.3, 0.4) is 0 Å². The molecule has 4 aliphatic carbocycles. The second-order valence-electron chi connectivity index (χ2n) is 12.6. The van der Waals surface area contributed by atoms with Crippen molar-refractivity contribution in [1.29, 1.82) is 0 Å². The SMILES string of the molecule is COCCN(C(=O)C(C)C)C(C)C1CC[C@@]2(O)C3=CC(=O)[C@@H]4C[C@@H](O)[C@@H](O)C[C@]4(C)C3CC[C@]12C. The minimum atomic E-state index is -1.12. The number of carbonyl (C=O) groups is 2. The lowest BCUT2D eigenvalue weighted by Crippen LogP contribution is -2.61. The van der Waals surface area contributed by atoms with Crippen LogP contribution >= 0.6 is 0 Å². The summed E-state index contributed by atoms with van der Waals surface area (Å²) in [6, 6.07) is -0.0643. The number of ketones is 1. The van der Waals surface area contributed by atoms with Crippen molar-refractivity contribution in [2.75, 3.05) is 20.3 Å². The molecule has 35 heavy (non-hydrogen) atoms. The van der Waals surface area contributed by atoms with Crippen LogP contribution in [0, 0.1) is 34.5 Å². The van der Waals surface area contributed by atoms with Gasteiger partial charge in [0.1, 0.15) is 0 Å². The molecule has 0 aromatic carbocycles. The summed E-state index contributed by atoms with van der Waals surface area (Å²) in [6.07, 6.45) is 3.57. The predicted molar refractivity (Wildman–Crippen MR) is 132 cm³/mol. The van der Waals surface area contributed by atoms with Gasteiger partial charge in [0.05, 0.1) is 24.4 Å². The molecule has 0 saturated heterocycles. The van der Waals surface area contributed by atoms with Crippen molar-refractivity contribution >= 4 is 11.7 Å². The Hall–Kier alpha value is -1.28. The Morgan fingerprint density at radius 1 is 1.14 bits per heavy atom. The van der Waals surface area contributed by atoms with E-state index >= 15 is 0 Å². The van der Waals surface area contributed by atoms with Crippen LogP contribution in [0.25, 0.3) is 0 Å². The molecule has 0 aliphatic heterocycles. The molecule has 3 fully saturated rings. The Kier molecular flexibility index (Phi) is 7.06. The van der Waals surface area contributed by atoms with Gasteiger partial charge in [-0.25, -0.2) is 0 Å². The predicted octanol–water partition coefficient (Wildman–Crippen LogP) is 2.71. The van der Waals surface area contributed by atoms with Gasteiger partial charge in [-0.15, -0.1) is 0 Å². The summed E-state index contributed by atoms with van der Waals surface area (Å²) in [5.74, 6) is -0.293. The molecular weight excluding hydrogens is 446 g/mol. The first kappa shape index (κ1) is 26.8. The molecule has 0 heterocycles. The number of nitrogens with zero attached hydrogens (tertiary/aromatic N) is 1. The number of rotatable bonds is 6. The van der Waals surface area contributed by atoms with Crippen LogP contribution in [-0.2, 0) is 14.3 Å². The Labute approximate surface area is 209 Å². The number of fused-ring (bicyclic) bond motifs is 5. The average Bonchev–Trinajstić information content (AvgIpc) is 3.07. The lowest BCUT2D eigenvalue weighted by Gasteiger charge is -2.60. The molecule has 9 atom stereocenters. The van der Waals surface area contributed by atoms with E-state index in [0.717, 1.165) is 24.8 Å². The fourth-order valence-corrected chi connectivity index (χ4v) is 8.44. The fourth-order valence-electron chi connectivity index (χ4n) is 8.44. The number of hydrogen-bond acceptors (Lipinski definition) is 6. The zero-order valence-electron chi connectivity index (χ0n) is 22.3. The van der Waals surface area contributed by atoms with E-state index in [-0.39, 0.29) is 47.8 Å². The minimum absolute atomic E-state index is 0.00127. The van der Waals surface area contributed by atoms with Crippen LogP contribution in [-0.4, -0.2) is 76.0 Å². The molecule has 3 N–H and O–H groups in total. The van der Waals surface area contributed by atoms with Crippen molar-refractivity contribution < 1.29 is 29.6 Å². The summed E-state index contributed by atoms with van der Waals surface area (Å²) in [5, 5.41) is 33.2. The molecule has 0 bridgehead atoms. The molecule has 7 nitrogen and oxygen atoms in total. The highest BCUT2D eigenvalue weighted by Gasteiger charge is 2.67. The van der Waals surface area contributed by atoms with Crippen molar-refractivity contribution in [1.82, 2.24) is 4.90 Å². The van der Waals surface area contributed by atoms with Gasteiger partial charge in [0.15, 0.2) is 5.78 Å². The second kappa shape index (κ2) is 9.23. The molecule has 0 radical (unpaired) electrons. The lowest BCUT2D eigenvalue weighted by atomic mass is 9.46. The van der Waals surface area contributed by atoms with Gasteiger partial charge in [-0.3, -0.25) is 9.59 Å². The lowest BCUT2D eigenvalue weighted by molar-refractivity contribution is -0.155. The quantitative estimate of drug-likeness (QED) is 0.527. The zero-order valence-corrected chi connectivity index (χ0v) is 22.3. The number of aliphatic hydroxyl groups is 3. The molecule has 3 unspecified atom stereocenters. The standard InChI is InChI=1S/C28H45NO6/c1-16(2)25(33)29(11-12-35-6)17(3)18-8-10-28(34)20-13-22(30)21-14-23(31)24(32)15-26(21,4)19(20)7-9-27(18,28)5/h13,16-19,21,23-24,31-32,34H,7-12,14-15H2,1-6H3/t17?,18?,19?,21-,23+,24-,26+,27+,28+/m0/s1. The van der Waals surface area contributed by atoms with Crippen molar-refractivity contribution in [2.45, 2.75) is 97.0 Å². The van der Waals surface area contributed by atoms with Crippen molar-refractivity contribution in [3.63, 3.8) is 0 Å². The summed E-state index contributed by atoms with van der Waals surface area (Å²) in [5.41, 5.74) is -1.23. The van der Waals surface area contributed by atoms with E-state index in [1.165, 1.54) is 0 Å². The molecule has 0 aromatic heterocycles. The Bertz CT molecular complexity index is 887. The molecule has 4 rings (SSSR count). The average molecular weight is 492 g/mol. The highest BCUT2D eigenvalue weighted by molar-refractivity contribution is 5.95. The Morgan fingerprint density at radius 2 is 1.83 bits per heavy atom. The number of aliphatic hydroxyl groups excluding tert-OH is 2. The fraction of sp³-hybridized carbons (Fsp3) is 0.857. The third kappa shape index (κ3) is 3.92. The monoisotopic (exact) mass is 491 g/mol. The Morgan fingerprint density at radius 3 is 2.46 bits per heavy atom. The van der Waals surface area contributed by atoms with Gasteiger partial charge in [-0.1, -0.05) is 27.7 Å². The number of amides is 1. The van der Waals surface area contributed by atoms with E-state index < -0.39 is 28.6 Å². The van der Waals surface area contributed by atoms with Crippen LogP contribution in [0.2, 0.25) is 0 Å². The second-order valence-corrected chi connectivity index (χ2v) is 12.6. The van der Waals surface area contributed by atoms with Gasteiger partial charge in [0, 0.05) is 36.9 Å². The highest BCUT2D eigenvalue weighted by Crippen LogP contribution is 2.67. The third-order valence-electron chi connectivity index (χ3n) is 10.6. The molecule has 4 aliphatic rings. The maximum absolute atomic E-state index is 13.3. The largest absolute Gasteiger partial charge is 0.390 e. The van der Waals surface area contributed by atoms with E-state index in [0.29, 0.717) is 26.0 Å². The summed E-state index contributed by atoms with van der Waals surface area (Å²) in [4.78, 5) is 28.4. The van der Waals surface area contributed by atoms with E-state index in [1.54, 1.807) is 13.2 Å². The van der Waals surface area contributed by atoms with Crippen molar-refractivity contribution in [2.24, 2.45) is 34.5 Å². The number of carbonyl (C=O) groups excluding carboxylic acids is 2. The first-order chi connectivity index (χ1) is 16.3. The van der Waals surface area contributed by atoms with E-state index in [4.69, 9.17) is 4.74 Å². The summed E-state index contributed by atoms with van der Waals surface area (Å²) in [6.45, 7) is 11.1. The van der Waals surface area contributed by atoms with Crippen LogP contribution in [0.4, 0.5) is 0 Å². The summed E-state index contributed by atoms with van der Waals surface area (Å²) >= 11 is 0. The molecule has 198 valence electrons. The molecule has 3 saturated carbocycles. The minimum Gasteiger partial charge on any atom is -0.390 e. The number of allylic oxidation sites excluding steroid dienone is 1. The molecule has 1 amide bonds. The van der Waals surface area contributed by atoms with Gasteiger partial charge in [0.2, 0.25) is 5.91 Å². The van der Waals surface area contributed by atoms with Crippen LogP contribution in [0.5, 0.6) is 0 Å². The van der Waals surface area contributed by atoms with Gasteiger partial charge < -0.3 is 25.0 Å². The molecule has 7 heteroatoms. The first-order valence-electron chi connectivity index (χ1n) is 13.5. The van der Waals surface area contributed by atoms with Gasteiger partial charge >= 0.3 is 0 Å². The Balaban J connectivity index is 1.68. The van der Waals surface area contributed by atoms with Gasteiger partial charge in [-0.05, 0) is 74.3 Å². The number of ether oxygens (including phenoxy) is 1. The maximum Gasteiger partial charge on any atom is 0.225 e. The van der Waals surface area contributed by atoms with Gasteiger partial charge in [-0.2, -0.15) is 0 Å². The maximum atomic E-state index is 13.3. The van der Waals surface area contributed by atoms with Crippen LogP contribution in [0.1, 0.15) is 73.1 Å². The van der Waals surface area contributed by atoms with Crippen LogP contribution < -0.4 is 0 Å². The van der Waals surface area contributed by atoms with E-state index in [1.807, 2.05) is 18.7 Å².